The molecule has 0 radical (unpaired) electrons. The number of nitrogens with zero attached hydrogens (tertiary/aromatic N) is 3. The number of hydrogen-bond acceptors (Lipinski definition) is 5. The van der Waals surface area contributed by atoms with E-state index in [1.54, 1.807) is 17.5 Å². The molecule has 1 saturated carbocycles. The summed E-state index contributed by atoms with van der Waals surface area (Å²) < 4.78 is 0. The van der Waals surface area contributed by atoms with Crippen molar-refractivity contribution in [1.82, 2.24) is 20.2 Å². The van der Waals surface area contributed by atoms with Crippen LogP contribution in [0.4, 0.5) is 0 Å². The highest BCUT2D eigenvalue weighted by molar-refractivity contribution is 7.13. The number of pyridine rings is 1. The molecule has 5 nitrogen and oxygen atoms in total. The van der Waals surface area contributed by atoms with Gasteiger partial charge in [0.2, 0.25) is 0 Å². The van der Waals surface area contributed by atoms with Gasteiger partial charge in [0.1, 0.15) is 4.88 Å². The van der Waals surface area contributed by atoms with Crippen LogP contribution in [0.2, 0.25) is 0 Å². The number of nitrogens with one attached hydrogen (secondary N) is 1. The molecular formula is C19H24N4OS. The Labute approximate surface area is 152 Å². The minimum absolute atomic E-state index is 0.0337. The van der Waals surface area contributed by atoms with Crippen molar-refractivity contribution in [3.8, 4) is 0 Å². The number of amides is 1. The van der Waals surface area contributed by atoms with E-state index in [2.05, 4.69) is 16.4 Å². The van der Waals surface area contributed by atoms with Crippen molar-refractivity contribution >= 4 is 17.2 Å². The lowest BCUT2D eigenvalue weighted by molar-refractivity contribution is 0.0638. The van der Waals surface area contributed by atoms with Gasteiger partial charge < -0.3 is 10.2 Å². The van der Waals surface area contributed by atoms with Gasteiger partial charge in [0.15, 0.2) is 0 Å². The number of thiazole rings is 1. The third kappa shape index (κ3) is 3.33. The molecular weight excluding hydrogens is 332 g/mol. The average Bonchev–Trinajstić information content (AvgIpc) is 3.31. The van der Waals surface area contributed by atoms with Crippen LogP contribution in [0, 0.1) is 6.92 Å². The number of aromatic nitrogens is 2. The SMILES string of the molecule is Cc1nc(C2CCCC2)sc1C(=O)N1CCNCC1c1cccnc1. The van der Waals surface area contributed by atoms with Gasteiger partial charge >= 0.3 is 0 Å². The molecule has 1 N–H and O–H groups in total. The molecule has 2 aromatic rings. The van der Waals surface area contributed by atoms with E-state index in [0.29, 0.717) is 12.5 Å². The summed E-state index contributed by atoms with van der Waals surface area (Å²) in [4.78, 5) is 25.1. The molecule has 2 aromatic heterocycles. The van der Waals surface area contributed by atoms with Gasteiger partial charge in [0, 0.05) is 37.9 Å². The topological polar surface area (TPSA) is 58.1 Å². The van der Waals surface area contributed by atoms with Crippen molar-refractivity contribution in [1.29, 1.82) is 0 Å². The van der Waals surface area contributed by atoms with E-state index in [1.165, 1.54) is 25.7 Å². The molecule has 0 spiro atoms. The Morgan fingerprint density at radius 3 is 2.96 bits per heavy atom. The zero-order valence-electron chi connectivity index (χ0n) is 14.6. The second-order valence-electron chi connectivity index (χ2n) is 6.95. The van der Waals surface area contributed by atoms with Crippen LogP contribution in [0.1, 0.15) is 63.6 Å². The van der Waals surface area contributed by atoms with Crippen LogP contribution in [0.5, 0.6) is 0 Å². The quantitative estimate of drug-likeness (QED) is 0.917. The minimum Gasteiger partial charge on any atom is -0.328 e. The van der Waals surface area contributed by atoms with E-state index in [1.807, 2.05) is 24.1 Å². The lowest BCUT2D eigenvalue weighted by Crippen LogP contribution is -2.48. The highest BCUT2D eigenvalue weighted by Gasteiger charge is 2.32. The molecule has 1 amide bonds. The van der Waals surface area contributed by atoms with E-state index in [4.69, 9.17) is 4.98 Å². The maximum Gasteiger partial charge on any atom is 0.266 e. The Morgan fingerprint density at radius 1 is 1.36 bits per heavy atom. The number of piperazine rings is 1. The first kappa shape index (κ1) is 16.7. The summed E-state index contributed by atoms with van der Waals surface area (Å²) in [6.07, 6.45) is 8.63. The van der Waals surface area contributed by atoms with E-state index in [-0.39, 0.29) is 11.9 Å². The maximum atomic E-state index is 13.3. The van der Waals surface area contributed by atoms with E-state index in [0.717, 1.165) is 34.2 Å². The standard InChI is InChI=1S/C19H24N4OS/c1-13-17(25-18(22-13)14-5-2-3-6-14)19(24)23-10-9-21-12-16(23)15-7-4-8-20-11-15/h4,7-8,11,14,16,21H,2-3,5-6,9-10,12H2,1H3. The molecule has 1 saturated heterocycles. The van der Waals surface area contributed by atoms with Gasteiger partial charge in [-0.1, -0.05) is 18.9 Å². The van der Waals surface area contributed by atoms with Crippen molar-refractivity contribution < 1.29 is 4.79 Å². The summed E-state index contributed by atoms with van der Waals surface area (Å²) in [6, 6.07) is 4.02. The molecule has 1 unspecified atom stereocenters. The first-order valence-corrected chi connectivity index (χ1v) is 9.94. The van der Waals surface area contributed by atoms with Gasteiger partial charge in [-0.3, -0.25) is 9.78 Å². The van der Waals surface area contributed by atoms with E-state index >= 15 is 0 Å². The van der Waals surface area contributed by atoms with Gasteiger partial charge in [-0.25, -0.2) is 4.98 Å². The molecule has 4 rings (SSSR count). The second-order valence-corrected chi connectivity index (χ2v) is 7.98. The summed E-state index contributed by atoms with van der Waals surface area (Å²) >= 11 is 1.62. The largest absolute Gasteiger partial charge is 0.328 e. The highest BCUT2D eigenvalue weighted by Crippen LogP contribution is 2.38. The zero-order valence-corrected chi connectivity index (χ0v) is 15.4. The molecule has 2 fully saturated rings. The van der Waals surface area contributed by atoms with Crippen molar-refractivity contribution in [3.05, 3.63) is 45.7 Å². The normalized spacial score (nSPS) is 21.6. The van der Waals surface area contributed by atoms with Crippen LogP contribution in [0.25, 0.3) is 0 Å². The summed E-state index contributed by atoms with van der Waals surface area (Å²) in [5.74, 6) is 0.678. The van der Waals surface area contributed by atoms with Crippen molar-refractivity contribution in [2.24, 2.45) is 0 Å². The Hall–Kier alpha value is -1.79. The van der Waals surface area contributed by atoms with Crippen molar-refractivity contribution in [2.45, 2.75) is 44.6 Å². The number of aryl methyl sites for hydroxylation is 1. The average molecular weight is 356 g/mol. The van der Waals surface area contributed by atoms with Crippen LogP contribution in [-0.2, 0) is 0 Å². The first-order valence-electron chi connectivity index (χ1n) is 9.13. The third-order valence-electron chi connectivity index (χ3n) is 5.29. The fourth-order valence-electron chi connectivity index (χ4n) is 3.91. The first-order chi connectivity index (χ1) is 12.2. The number of carbonyl (C=O) groups excluding carboxylic acids is 1. The highest BCUT2D eigenvalue weighted by atomic mass is 32.1. The van der Waals surface area contributed by atoms with Crippen molar-refractivity contribution in [3.63, 3.8) is 0 Å². The fourth-order valence-corrected chi connectivity index (χ4v) is 5.10. The molecule has 25 heavy (non-hydrogen) atoms. The molecule has 6 heteroatoms. The monoisotopic (exact) mass is 356 g/mol. The molecule has 1 aliphatic heterocycles. The Bertz CT molecular complexity index is 739. The van der Waals surface area contributed by atoms with Crippen LogP contribution in [0.15, 0.2) is 24.5 Å². The van der Waals surface area contributed by atoms with E-state index < -0.39 is 0 Å². The summed E-state index contributed by atoms with van der Waals surface area (Å²) in [6.45, 7) is 4.29. The fraction of sp³-hybridized carbons (Fsp3) is 0.526. The Balaban J connectivity index is 1.60. The number of hydrogen-bond donors (Lipinski definition) is 1. The second kappa shape index (κ2) is 7.22. The summed E-state index contributed by atoms with van der Waals surface area (Å²) in [7, 11) is 0. The van der Waals surface area contributed by atoms with Gasteiger partial charge in [-0.05, 0) is 31.4 Å². The summed E-state index contributed by atoms with van der Waals surface area (Å²) in [5, 5.41) is 4.56. The maximum absolute atomic E-state index is 13.3. The molecule has 0 aromatic carbocycles. The lowest BCUT2D eigenvalue weighted by atomic mass is 10.0. The molecule has 1 aliphatic carbocycles. The lowest BCUT2D eigenvalue weighted by Gasteiger charge is -2.36. The molecule has 132 valence electrons. The minimum atomic E-state index is 0.0337. The van der Waals surface area contributed by atoms with Crippen LogP contribution in [0.3, 0.4) is 0 Å². The number of carbonyl (C=O) groups is 1. The van der Waals surface area contributed by atoms with Gasteiger partial charge in [0.25, 0.3) is 5.91 Å². The Kier molecular flexibility index (Phi) is 4.81. The van der Waals surface area contributed by atoms with Gasteiger partial charge in [-0.2, -0.15) is 0 Å². The molecule has 0 bridgehead atoms. The van der Waals surface area contributed by atoms with Crippen LogP contribution < -0.4 is 5.32 Å². The van der Waals surface area contributed by atoms with E-state index in [9.17, 15) is 4.79 Å². The van der Waals surface area contributed by atoms with Gasteiger partial charge in [0.05, 0.1) is 16.7 Å². The smallest absolute Gasteiger partial charge is 0.266 e. The zero-order chi connectivity index (χ0) is 17.2. The predicted octanol–water partition coefficient (Wildman–Crippen LogP) is 3.29. The third-order valence-corrected chi connectivity index (χ3v) is 6.59. The molecule has 3 heterocycles. The van der Waals surface area contributed by atoms with Gasteiger partial charge in [-0.15, -0.1) is 11.3 Å². The Morgan fingerprint density at radius 2 is 2.20 bits per heavy atom. The molecule has 2 aliphatic rings. The predicted molar refractivity (Wildman–Crippen MR) is 98.9 cm³/mol. The summed E-state index contributed by atoms with van der Waals surface area (Å²) in [5.41, 5.74) is 1.97. The van der Waals surface area contributed by atoms with Crippen molar-refractivity contribution in [2.75, 3.05) is 19.6 Å². The van der Waals surface area contributed by atoms with Crippen LogP contribution >= 0.6 is 11.3 Å². The number of rotatable bonds is 3. The molecule has 1 atom stereocenters. The van der Waals surface area contributed by atoms with Crippen LogP contribution in [-0.4, -0.2) is 40.4 Å².